The molecule has 0 aromatic carbocycles. The van der Waals surface area contributed by atoms with Crippen molar-refractivity contribution in [1.29, 1.82) is 0 Å². The summed E-state index contributed by atoms with van der Waals surface area (Å²) in [5, 5.41) is 0. The highest BCUT2D eigenvalue weighted by Crippen LogP contribution is 2.25. The summed E-state index contributed by atoms with van der Waals surface area (Å²) in [6, 6.07) is 0. The van der Waals surface area contributed by atoms with Crippen LogP contribution in [0.25, 0.3) is 0 Å². The quantitative estimate of drug-likeness (QED) is 0.602. The lowest BCUT2D eigenvalue weighted by Gasteiger charge is -2.38. The van der Waals surface area contributed by atoms with Gasteiger partial charge in [0.1, 0.15) is 19.6 Å². The highest BCUT2D eigenvalue weighted by atomic mass is 32.2. The summed E-state index contributed by atoms with van der Waals surface area (Å²) in [7, 11) is -3.38. The van der Waals surface area contributed by atoms with Gasteiger partial charge in [-0.05, 0) is 5.92 Å². The van der Waals surface area contributed by atoms with Gasteiger partial charge in [-0.2, -0.15) is 25.7 Å². The lowest BCUT2D eigenvalue weighted by molar-refractivity contribution is -1.08. The predicted octanol–water partition coefficient (Wildman–Crippen LogP) is 1.05. The number of likely N-dealkylation sites (tertiary alicyclic amines) is 1. The molecule has 0 aromatic rings. The molecule has 0 N–H and O–H groups in total. The van der Waals surface area contributed by atoms with Crippen molar-refractivity contribution in [2.75, 3.05) is 31.6 Å². The van der Waals surface area contributed by atoms with E-state index in [1.807, 2.05) is 0 Å². The first-order valence-electron chi connectivity index (χ1n) is 5.25. The standard InChI is InChI=1S/C9H19NO3S2/c1-9-3-5-10(6-4-9,7-8-14)13-15(2,11)12/h9H,3-8H2,1-2H3/p+1. The van der Waals surface area contributed by atoms with Crippen molar-refractivity contribution >= 4 is 22.7 Å². The average molecular weight is 254 g/mol. The zero-order valence-corrected chi connectivity index (χ0v) is 11.1. The first-order valence-corrected chi connectivity index (χ1v) is 7.70. The number of piperidine rings is 1. The van der Waals surface area contributed by atoms with Crippen LogP contribution in [0.5, 0.6) is 0 Å². The van der Waals surface area contributed by atoms with E-state index in [2.05, 4.69) is 19.6 Å². The highest BCUT2D eigenvalue weighted by Gasteiger charge is 2.37. The minimum atomic E-state index is -3.38. The normalized spacial score (nSPS) is 32.9. The van der Waals surface area contributed by atoms with Crippen LogP contribution >= 0.6 is 12.6 Å². The van der Waals surface area contributed by atoms with Gasteiger partial charge in [0.25, 0.3) is 0 Å². The Hall–Kier alpha value is 0.220. The second-order valence-electron chi connectivity index (χ2n) is 4.41. The van der Waals surface area contributed by atoms with Crippen molar-refractivity contribution in [3.8, 4) is 0 Å². The molecule has 6 heteroatoms. The van der Waals surface area contributed by atoms with Crippen LogP contribution in [0.15, 0.2) is 0 Å². The van der Waals surface area contributed by atoms with E-state index < -0.39 is 10.1 Å². The molecule has 0 aliphatic carbocycles. The second-order valence-corrected chi connectivity index (χ2v) is 6.42. The van der Waals surface area contributed by atoms with Crippen LogP contribution < -0.4 is 0 Å². The molecule has 0 unspecified atom stereocenters. The number of hydrogen-bond donors (Lipinski definition) is 1. The van der Waals surface area contributed by atoms with Gasteiger partial charge in [-0.3, -0.25) is 0 Å². The second kappa shape index (κ2) is 5.03. The third-order valence-corrected chi connectivity index (χ3v) is 3.65. The first-order chi connectivity index (χ1) is 6.87. The van der Waals surface area contributed by atoms with Gasteiger partial charge in [0, 0.05) is 18.6 Å². The molecule has 90 valence electrons. The van der Waals surface area contributed by atoms with Gasteiger partial charge in [0.05, 0.1) is 6.26 Å². The molecular weight excluding hydrogens is 234 g/mol. The molecule has 1 saturated heterocycles. The van der Waals surface area contributed by atoms with Gasteiger partial charge in [-0.25, -0.2) is 0 Å². The molecule has 0 saturated carbocycles. The number of hydrogen-bond acceptors (Lipinski definition) is 4. The van der Waals surface area contributed by atoms with E-state index in [1.54, 1.807) is 0 Å². The third kappa shape index (κ3) is 4.30. The van der Waals surface area contributed by atoms with Gasteiger partial charge >= 0.3 is 10.1 Å². The van der Waals surface area contributed by atoms with E-state index in [4.69, 9.17) is 4.28 Å². The van der Waals surface area contributed by atoms with E-state index in [0.29, 0.717) is 18.2 Å². The molecule has 0 atom stereocenters. The fourth-order valence-electron chi connectivity index (χ4n) is 1.97. The summed E-state index contributed by atoms with van der Waals surface area (Å²) in [6.45, 7) is 4.39. The number of thiol groups is 1. The molecule has 0 amide bonds. The molecule has 0 radical (unpaired) electrons. The minimum absolute atomic E-state index is 0.229. The van der Waals surface area contributed by atoms with E-state index in [9.17, 15) is 8.42 Å². The summed E-state index contributed by atoms with van der Waals surface area (Å²) >= 11 is 4.17. The highest BCUT2D eigenvalue weighted by molar-refractivity contribution is 7.85. The Morgan fingerprint density at radius 3 is 2.33 bits per heavy atom. The summed E-state index contributed by atoms with van der Waals surface area (Å²) in [4.78, 5) is 0. The van der Waals surface area contributed by atoms with E-state index in [-0.39, 0.29) is 4.65 Å². The molecule has 4 nitrogen and oxygen atoms in total. The fraction of sp³-hybridized carbons (Fsp3) is 1.00. The minimum Gasteiger partial charge on any atom is -0.195 e. The molecule has 1 aliphatic heterocycles. The summed E-state index contributed by atoms with van der Waals surface area (Å²) < 4.78 is 27.8. The van der Waals surface area contributed by atoms with Crippen molar-refractivity contribution in [1.82, 2.24) is 0 Å². The lowest BCUT2D eigenvalue weighted by atomic mass is 9.99. The Morgan fingerprint density at radius 1 is 1.40 bits per heavy atom. The van der Waals surface area contributed by atoms with Crippen LogP contribution in [0.2, 0.25) is 0 Å². The summed E-state index contributed by atoms with van der Waals surface area (Å²) in [5.74, 6) is 1.31. The number of rotatable bonds is 4. The third-order valence-electron chi connectivity index (χ3n) is 2.86. The Kier molecular flexibility index (Phi) is 4.46. The summed E-state index contributed by atoms with van der Waals surface area (Å²) in [6.07, 6.45) is 3.15. The molecule has 1 aliphatic rings. The van der Waals surface area contributed by atoms with Crippen molar-refractivity contribution in [2.45, 2.75) is 19.8 Å². The summed E-state index contributed by atoms with van der Waals surface area (Å²) in [5.41, 5.74) is 0. The van der Waals surface area contributed by atoms with Crippen LogP contribution in [0, 0.1) is 5.92 Å². The maximum Gasteiger partial charge on any atom is 0.311 e. The smallest absolute Gasteiger partial charge is 0.195 e. The first kappa shape index (κ1) is 13.3. The number of hydroxylamine groups is 3. The Balaban J connectivity index is 2.71. The molecule has 1 rings (SSSR count). The SMILES string of the molecule is CC1CC[N+](CCS)(OS(C)(=O)=O)CC1. The van der Waals surface area contributed by atoms with Gasteiger partial charge in [-0.15, -0.1) is 0 Å². The van der Waals surface area contributed by atoms with E-state index in [1.165, 1.54) is 0 Å². The van der Waals surface area contributed by atoms with Crippen molar-refractivity contribution in [3.05, 3.63) is 0 Å². The average Bonchev–Trinajstić information content (AvgIpc) is 2.08. The Labute approximate surface area is 97.7 Å². The molecule has 15 heavy (non-hydrogen) atoms. The molecular formula is C9H20NO3S2+. The monoisotopic (exact) mass is 254 g/mol. The predicted molar refractivity (Wildman–Crippen MR) is 63.0 cm³/mol. The van der Waals surface area contributed by atoms with Crippen LogP contribution in [0.1, 0.15) is 19.8 Å². The molecule has 1 heterocycles. The maximum atomic E-state index is 11.2. The fourth-order valence-corrected chi connectivity index (χ4v) is 3.13. The van der Waals surface area contributed by atoms with Gasteiger partial charge in [-0.1, -0.05) is 11.2 Å². The number of quaternary nitrogens is 1. The van der Waals surface area contributed by atoms with Crippen LogP contribution in [0.3, 0.4) is 0 Å². The zero-order valence-electron chi connectivity index (χ0n) is 9.35. The van der Waals surface area contributed by atoms with E-state index >= 15 is 0 Å². The Morgan fingerprint density at radius 2 is 1.93 bits per heavy atom. The van der Waals surface area contributed by atoms with Crippen molar-refractivity contribution < 1.29 is 17.3 Å². The largest absolute Gasteiger partial charge is 0.311 e. The van der Waals surface area contributed by atoms with Crippen molar-refractivity contribution in [2.24, 2.45) is 5.92 Å². The van der Waals surface area contributed by atoms with Gasteiger partial charge in [0.2, 0.25) is 0 Å². The van der Waals surface area contributed by atoms with E-state index in [0.717, 1.165) is 32.2 Å². The van der Waals surface area contributed by atoms with Crippen LogP contribution in [0.4, 0.5) is 0 Å². The zero-order chi connectivity index (χ0) is 11.5. The molecule has 1 fully saturated rings. The topological polar surface area (TPSA) is 43.4 Å². The number of nitrogens with zero attached hydrogens (tertiary/aromatic N) is 1. The molecule has 0 bridgehead atoms. The van der Waals surface area contributed by atoms with Crippen molar-refractivity contribution in [3.63, 3.8) is 0 Å². The lowest BCUT2D eigenvalue weighted by Crippen LogP contribution is -2.54. The Bertz CT molecular complexity index is 294. The van der Waals surface area contributed by atoms with Crippen LogP contribution in [-0.2, 0) is 14.4 Å². The molecule has 0 spiro atoms. The van der Waals surface area contributed by atoms with Crippen LogP contribution in [-0.4, -0.2) is 44.7 Å². The van der Waals surface area contributed by atoms with Gasteiger partial charge < -0.3 is 0 Å². The maximum absolute atomic E-state index is 11.2. The molecule has 0 aromatic heterocycles. The van der Waals surface area contributed by atoms with Gasteiger partial charge in [0.15, 0.2) is 0 Å².